The van der Waals surface area contributed by atoms with Crippen molar-refractivity contribution in [2.24, 2.45) is 0 Å². The molecule has 0 amide bonds. The topological polar surface area (TPSA) is 32.3 Å². The zero-order chi connectivity index (χ0) is 12.3. The summed E-state index contributed by atoms with van der Waals surface area (Å²) in [4.78, 5) is 14.2. The number of hydrogen-bond donors (Lipinski definition) is 1. The SMILES string of the molecule is CCN(CC)CC1CCC2=C(N1)C(=O)CC=C2. The number of nitrogens with one attached hydrogen (secondary N) is 1. The van der Waals surface area contributed by atoms with Gasteiger partial charge in [-0.2, -0.15) is 0 Å². The van der Waals surface area contributed by atoms with E-state index in [-0.39, 0.29) is 5.78 Å². The van der Waals surface area contributed by atoms with Crippen molar-refractivity contribution >= 4 is 5.78 Å². The molecule has 1 atom stereocenters. The summed E-state index contributed by atoms with van der Waals surface area (Å²) in [6.07, 6.45) is 6.82. The van der Waals surface area contributed by atoms with Gasteiger partial charge in [0.2, 0.25) is 0 Å². The van der Waals surface area contributed by atoms with Crippen molar-refractivity contribution in [3.05, 3.63) is 23.4 Å². The van der Waals surface area contributed by atoms with Crippen LogP contribution in [0.4, 0.5) is 0 Å². The Morgan fingerprint density at radius 3 is 2.88 bits per heavy atom. The third-order valence-corrected chi connectivity index (χ3v) is 3.71. The van der Waals surface area contributed by atoms with E-state index in [4.69, 9.17) is 0 Å². The van der Waals surface area contributed by atoms with Crippen LogP contribution in [0.25, 0.3) is 0 Å². The molecular weight excluding hydrogens is 212 g/mol. The second-order valence-electron chi connectivity index (χ2n) is 4.80. The van der Waals surface area contributed by atoms with E-state index in [1.807, 2.05) is 6.08 Å². The van der Waals surface area contributed by atoms with Gasteiger partial charge in [0.15, 0.2) is 5.78 Å². The lowest BCUT2D eigenvalue weighted by molar-refractivity contribution is -0.115. The Bertz CT molecular complexity index is 353. The molecule has 0 aromatic carbocycles. The minimum Gasteiger partial charge on any atom is -0.378 e. The fourth-order valence-electron chi connectivity index (χ4n) is 2.59. The summed E-state index contributed by atoms with van der Waals surface area (Å²) in [5.74, 6) is 0.256. The van der Waals surface area contributed by atoms with Crippen molar-refractivity contribution in [2.45, 2.75) is 39.2 Å². The van der Waals surface area contributed by atoms with Crippen LogP contribution in [-0.4, -0.2) is 36.4 Å². The normalized spacial score (nSPS) is 23.9. The smallest absolute Gasteiger partial charge is 0.182 e. The highest BCUT2D eigenvalue weighted by molar-refractivity contribution is 5.98. The lowest BCUT2D eigenvalue weighted by atomic mass is 9.91. The van der Waals surface area contributed by atoms with Gasteiger partial charge in [-0.15, -0.1) is 0 Å². The number of likely N-dealkylation sites (N-methyl/N-ethyl adjacent to an activating group) is 1. The molecule has 94 valence electrons. The van der Waals surface area contributed by atoms with Crippen LogP contribution in [0.1, 0.15) is 33.1 Å². The summed E-state index contributed by atoms with van der Waals surface area (Å²) >= 11 is 0. The number of allylic oxidation sites excluding steroid dienone is 4. The van der Waals surface area contributed by atoms with E-state index in [0.29, 0.717) is 12.5 Å². The minimum atomic E-state index is 0.256. The monoisotopic (exact) mass is 234 g/mol. The van der Waals surface area contributed by atoms with E-state index in [0.717, 1.165) is 38.2 Å². The van der Waals surface area contributed by atoms with Crippen LogP contribution >= 0.6 is 0 Å². The van der Waals surface area contributed by atoms with Gasteiger partial charge < -0.3 is 10.2 Å². The van der Waals surface area contributed by atoms with E-state index < -0.39 is 0 Å². The molecule has 3 nitrogen and oxygen atoms in total. The van der Waals surface area contributed by atoms with E-state index in [1.165, 1.54) is 5.57 Å². The Morgan fingerprint density at radius 1 is 1.41 bits per heavy atom. The number of Topliss-reactive ketones (excluding diaryl/α,β-unsaturated/α-hetero) is 1. The predicted molar refractivity (Wildman–Crippen MR) is 69.7 cm³/mol. The fourth-order valence-corrected chi connectivity index (χ4v) is 2.59. The quantitative estimate of drug-likeness (QED) is 0.806. The standard InChI is InChI=1S/C14H22N2O/c1-3-16(4-2)10-12-9-8-11-6-5-7-13(17)14(11)15-12/h5-6,12,15H,3-4,7-10H2,1-2H3. The molecule has 1 N–H and O–H groups in total. The van der Waals surface area contributed by atoms with Crippen LogP contribution < -0.4 is 5.32 Å². The third-order valence-electron chi connectivity index (χ3n) is 3.71. The van der Waals surface area contributed by atoms with Gasteiger partial charge in [-0.1, -0.05) is 26.0 Å². The summed E-state index contributed by atoms with van der Waals surface area (Å²) in [6.45, 7) is 7.57. The average molecular weight is 234 g/mol. The van der Waals surface area contributed by atoms with Crippen molar-refractivity contribution in [2.75, 3.05) is 19.6 Å². The molecule has 17 heavy (non-hydrogen) atoms. The van der Waals surface area contributed by atoms with Crippen LogP contribution in [0.2, 0.25) is 0 Å². The number of ketones is 1. The van der Waals surface area contributed by atoms with Crippen LogP contribution in [0, 0.1) is 0 Å². The molecule has 2 aliphatic rings. The van der Waals surface area contributed by atoms with Gasteiger partial charge in [-0.05, 0) is 31.5 Å². The Labute approximate surface area is 104 Å². The second-order valence-corrected chi connectivity index (χ2v) is 4.80. The highest BCUT2D eigenvalue weighted by atomic mass is 16.1. The molecule has 2 rings (SSSR count). The first kappa shape index (κ1) is 12.4. The zero-order valence-electron chi connectivity index (χ0n) is 10.8. The van der Waals surface area contributed by atoms with Gasteiger partial charge in [-0.25, -0.2) is 0 Å². The summed E-state index contributed by atoms with van der Waals surface area (Å²) in [7, 11) is 0. The van der Waals surface area contributed by atoms with Crippen molar-refractivity contribution in [1.29, 1.82) is 0 Å². The molecule has 0 aromatic rings. The molecule has 0 aromatic heterocycles. The first-order valence-corrected chi connectivity index (χ1v) is 6.66. The van der Waals surface area contributed by atoms with E-state index >= 15 is 0 Å². The van der Waals surface area contributed by atoms with E-state index in [9.17, 15) is 4.79 Å². The van der Waals surface area contributed by atoms with E-state index in [2.05, 4.69) is 30.1 Å². The van der Waals surface area contributed by atoms with Gasteiger partial charge in [-0.3, -0.25) is 4.79 Å². The molecular formula is C14H22N2O. The highest BCUT2D eigenvalue weighted by Gasteiger charge is 2.25. The largest absolute Gasteiger partial charge is 0.378 e. The molecule has 1 unspecified atom stereocenters. The molecule has 1 aliphatic heterocycles. The second kappa shape index (κ2) is 5.50. The number of carbonyl (C=O) groups excluding carboxylic acids is 1. The summed E-state index contributed by atoms with van der Waals surface area (Å²) in [6, 6.07) is 0.434. The van der Waals surface area contributed by atoms with Crippen LogP contribution in [0.3, 0.4) is 0 Å². The highest BCUT2D eigenvalue weighted by Crippen LogP contribution is 2.24. The Balaban J connectivity index is 2.00. The van der Waals surface area contributed by atoms with E-state index in [1.54, 1.807) is 0 Å². The lowest BCUT2D eigenvalue weighted by Gasteiger charge is -2.32. The Hall–Kier alpha value is -1.09. The molecule has 3 heteroatoms. The van der Waals surface area contributed by atoms with Gasteiger partial charge in [0, 0.05) is 19.0 Å². The maximum absolute atomic E-state index is 11.8. The third kappa shape index (κ3) is 2.78. The first-order chi connectivity index (χ1) is 8.24. The number of hydrogen-bond acceptors (Lipinski definition) is 3. The number of nitrogens with zero attached hydrogens (tertiary/aromatic N) is 1. The zero-order valence-corrected chi connectivity index (χ0v) is 10.8. The van der Waals surface area contributed by atoms with Crippen LogP contribution in [0.15, 0.2) is 23.4 Å². The van der Waals surface area contributed by atoms with Gasteiger partial charge in [0.25, 0.3) is 0 Å². The summed E-state index contributed by atoms with van der Waals surface area (Å²) in [5, 5.41) is 3.44. The molecule has 0 bridgehead atoms. The van der Waals surface area contributed by atoms with Crippen molar-refractivity contribution < 1.29 is 4.79 Å². The van der Waals surface area contributed by atoms with Crippen molar-refractivity contribution in [1.82, 2.24) is 10.2 Å². The molecule has 1 aliphatic carbocycles. The Kier molecular flexibility index (Phi) is 4.00. The average Bonchev–Trinajstić information content (AvgIpc) is 2.37. The molecule has 0 spiro atoms. The molecule has 0 fully saturated rings. The Morgan fingerprint density at radius 2 is 2.18 bits per heavy atom. The van der Waals surface area contributed by atoms with Crippen LogP contribution in [-0.2, 0) is 4.79 Å². The molecule has 0 saturated carbocycles. The molecule has 0 radical (unpaired) electrons. The number of carbonyl (C=O) groups is 1. The van der Waals surface area contributed by atoms with Crippen molar-refractivity contribution in [3.63, 3.8) is 0 Å². The van der Waals surface area contributed by atoms with Crippen molar-refractivity contribution in [3.8, 4) is 0 Å². The number of rotatable bonds is 4. The maximum atomic E-state index is 11.8. The van der Waals surface area contributed by atoms with Crippen LogP contribution in [0.5, 0.6) is 0 Å². The minimum absolute atomic E-state index is 0.256. The summed E-state index contributed by atoms with van der Waals surface area (Å²) < 4.78 is 0. The lowest BCUT2D eigenvalue weighted by Crippen LogP contribution is -2.44. The van der Waals surface area contributed by atoms with Gasteiger partial charge in [0.05, 0.1) is 5.70 Å². The first-order valence-electron chi connectivity index (χ1n) is 6.66. The molecule has 1 heterocycles. The van der Waals surface area contributed by atoms with Gasteiger partial charge in [0.1, 0.15) is 0 Å². The summed E-state index contributed by atoms with van der Waals surface area (Å²) in [5.41, 5.74) is 2.09. The maximum Gasteiger partial charge on any atom is 0.182 e. The fraction of sp³-hybridized carbons (Fsp3) is 0.643. The molecule has 0 saturated heterocycles. The predicted octanol–water partition coefficient (Wildman–Crippen LogP) is 1.86. The van der Waals surface area contributed by atoms with Gasteiger partial charge >= 0.3 is 0 Å².